The molecular formula is C32H51F3N2O14. The first-order valence-electron chi connectivity index (χ1n) is 17.5. The number of ether oxygens (including phenoxy) is 5. The van der Waals surface area contributed by atoms with Crippen molar-refractivity contribution in [2.75, 3.05) is 13.2 Å². The minimum atomic E-state index is -5.28. The zero-order valence-electron chi connectivity index (χ0n) is 28.5. The van der Waals surface area contributed by atoms with E-state index in [0.29, 0.717) is 19.3 Å². The molecule has 0 aromatic rings. The van der Waals surface area contributed by atoms with Crippen molar-refractivity contribution < 1.29 is 81.9 Å². The molecule has 0 aromatic carbocycles. The molecule has 16 nitrogen and oxygen atoms in total. The lowest BCUT2D eigenvalue weighted by Crippen LogP contribution is -2.67. The van der Waals surface area contributed by atoms with E-state index in [1.54, 1.807) is 0 Å². The summed E-state index contributed by atoms with van der Waals surface area (Å²) in [4.78, 5) is 36.8. The lowest BCUT2D eigenvalue weighted by Gasteiger charge is -2.48. The molecular weight excluding hydrogens is 693 g/mol. The molecule has 0 bridgehead atoms. The molecule has 2 aliphatic heterocycles. The molecule has 0 radical (unpaired) electrons. The summed E-state index contributed by atoms with van der Waals surface area (Å²) in [7, 11) is 0. The largest absolute Gasteiger partial charge is 0.479 e. The van der Waals surface area contributed by atoms with E-state index >= 15 is 0 Å². The number of aliphatic hydroxyl groups excluding tert-OH is 5. The van der Waals surface area contributed by atoms with Crippen LogP contribution in [0.3, 0.4) is 0 Å². The molecule has 8 N–H and O–H groups in total. The zero-order chi connectivity index (χ0) is 37.6. The van der Waals surface area contributed by atoms with Gasteiger partial charge >= 0.3 is 18.1 Å². The number of carboxylic acid groups (broad SMARTS) is 1. The van der Waals surface area contributed by atoms with Crippen LogP contribution in [-0.4, -0.2) is 147 Å². The highest BCUT2D eigenvalue weighted by molar-refractivity contribution is 5.87. The highest BCUT2D eigenvalue weighted by atomic mass is 19.4. The number of hydrogen-bond donors (Lipinski definition) is 8. The Kier molecular flexibility index (Phi) is 14.8. The average Bonchev–Trinajstić information content (AvgIpc) is 3.08. The number of nitrogens with one attached hydrogen (secondary N) is 2. The van der Waals surface area contributed by atoms with Gasteiger partial charge in [0.2, 0.25) is 5.91 Å². The molecule has 294 valence electrons. The van der Waals surface area contributed by atoms with Crippen LogP contribution in [0, 0.1) is 11.8 Å². The van der Waals surface area contributed by atoms with Crippen LogP contribution in [0.1, 0.15) is 71.6 Å². The smallest absolute Gasteiger partial charge is 0.471 e. The fourth-order valence-electron chi connectivity index (χ4n) is 7.28. The van der Waals surface area contributed by atoms with Gasteiger partial charge < -0.3 is 65.0 Å². The first-order chi connectivity index (χ1) is 24.0. The molecule has 4 rings (SSSR count). The summed E-state index contributed by atoms with van der Waals surface area (Å²) in [6, 6.07) is -1.59. The van der Waals surface area contributed by atoms with Gasteiger partial charge in [0.05, 0.1) is 31.5 Å². The summed E-state index contributed by atoms with van der Waals surface area (Å²) < 4.78 is 68.4. The van der Waals surface area contributed by atoms with Gasteiger partial charge in [0.1, 0.15) is 42.7 Å². The normalized spacial score (nSPS) is 38.8. The van der Waals surface area contributed by atoms with Crippen LogP contribution in [0.4, 0.5) is 13.2 Å². The number of carbonyl (C=O) groups is 3. The van der Waals surface area contributed by atoms with Gasteiger partial charge in [-0.25, -0.2) is 4.79 Å². The predicted molar refractivity (Wildman–Crippen MR) is 165 cm³/mol. The van der Waals surface area contributed by atoms with Crippen LogP contribution in [0.5, 0.6) is 0 Å². The molecule has 2 saturated heterocycles. The van der Waals surface area contributed by atoms with E-state index in [9.17, 15) is 58.2 Å². The molecule has 2 aliphatic carbocycles. The quantitative estimate of drug-likeness (QED) is 0.118. The number of rotatable bonds is 13. The van der Waals surface area contributed by atoms with Crippen molar-refractivity contribution >= 4 is 17.8 Å². The first-order valence-corrected chi connectivity index (χ1v) is 17.5. The molecule has 0 aromatic heterocycles. The second-order valence-electron chi connectivity index (χ2n) is 14.0. The average molecular weight is 745 g/mol. The lowest BCUT2D eigenvalue weighted by atomic mass is 9.85. The topological polar surface area (TPSA) is 243 Å². The van der Waals surface area contributed by atoms with E-state index in [-0.39, 0.29) is 18.3 Å². The maximum Gasteiger partial charge on any atom is 0.471 e. The monoisotopic (exact) mass is 744 g/mol. The molecule has 5 unspecified atom stereocenters. The van der Waals surface area contributed by atoms with Gasteiger partial charge in [-0.05, 0) is 38.0 Å². The molecule has 4 fully saturated rings. The molecule has 14 atom stereocenters. The Bertz CT molecular complexity index is 1160. The highest BCUT2D eigenvalue weighted by Gasteiger charge is 2.52. The Morgan fingerprint density at radius 3 is 2.16 bits per heavy atom. The molecule has 2 heterocycles. The standard InChI is InChI=1S/C32H51F3N2O14/c1-14-7-6-10-17(26(14)51-30-25(43)24(42)22(40)15(2)47-30)49-29-21(37-20(39)12-36-31(46)32(33,34)35)27(23(41)19(13-38)50-29)48-18(28(44)45)11-16-8-4-3-5-9-16/h14-19,21-27,29-30,38,40-43H,3-13H2,1-2H3,(H,36,46)(H,37,39)(H,44,45)/t14?,15?,17-,18+,19+,21?,22-,23+,24+,25?,26-,27?,29-,30+/m1/s1. The van der Waals surface area contributed by atoms with Crippen molar-refractivity contribution in [3.05, 3.63) is 0 Å². The summed E-state index contributed by atoms with van der Waals surface area (Å²) in [5.74, 6) is -5.19. The van der Waals surface area contributed by atoms with E-state index < -0.39 is 117 Å². The van der Waals surface area contributed by atoms with E-state index in [0.717, 1.165) is 32.1 Å². The molecule has 51 heavy (non-hydrogen) atoms. The summed E-state index contributed by atoms with van der Waals surface area (Å²) in [5, 5.41) is 66.4. The van der Waals surface area contributed by atoms with Crippen molar-refractivity contribution in [3.63, 3.8) is 0 Å². The summed E-state index contributed by atoms with van der Waals surface area (Å²) in [6.07, 6.45) is -16.0. The predicted octanol–water partition coefficient (Wildman–Crippen LogP) is -0.545. The number of aliphatic hydroxyl groups is 5. The Balaban J connectivity index is 1.61. The molecule has 4 aliphatic rings. The second-order valence-corrected chi connectivity index (χ2v) is 14.0. The van der Waals surface area contributed by atoms with Crippen molar-refractivity contribution in [2.24, 2.45) is 11.8 Å². The van der Waals surface area contributed by atoms with Gasteiger partial charge in [-0.1, -0.05) is 45.4 Å². The molecule has 2 saturated carbocycles. The van der Waals surface area contributed by atoms with Crippen molar-refractivity contribution in [1.82, 2.24) is 10.6 Å². The van der Waals surface area contributed by atoms with Crippen LogP contribution in [0.2, 0.25) is 0 Å². The number of carbonyl (C=O) groups excluding carboxylic acids is 2. The first kappa shape index (κ1) is 41.6. The fourth-order valence-corrected chi connectivity index (χ4v) is 7.28. The third kappa shape index (κ3) is 10.7. The Labute approximate surface area is 292 Å². The number of alkyl halides is 3. The van der Waals surface area contributed by atoms with Crippen LogP contribution >= 0.6 is 0 Å². The maximum atomic E-state index is 13.0. The van der Waals surface area contributed by atoms with Crippen molar-refractivity contribution in [3.8, 4) is 0 Å². The van der Waals surface area contributed by atoms with E-state index in [1.807, 2.05) is 6.92 Å². The van der Waals surface area contributed by atoms with E-state index in [1.165, 1.54) is 12.2 Å². The minimum absolute atomic E-state index is 0.00974. The second kappa shape index (κ2) is 18.2. The van der Waals surface area contributed by atoms with Gasteiger partial charge in [-0.3, -0.25) is 9.59 Å². The van der Waals surface area contributed by atoms with Crippen molar-refractivity contribution in [1.29, 1.82) is 0 Å². The third-order valence-corrected chi connectivity index (χ3v) is 10.2. The number of halogens is 3. The van der Waals surface area contributed by atoms with Gasteiger partial charge in [-0.2, -0.15) is 13.2 Å². The van der Waals surface area contributed by atoms with Crippen LogP contribution in [0.25, 0.3) is 0 Å². The van der Waals surface area contributed by atoms with E-state index in [2.05, 4.69) is 5.32 Å². The fraction of sp³-hybridized carbons (Fsp3) is 0.906. The number of hydrogen-bond acceptors (Lipinski definition) is 13. The zero-order valence-corrected chi connectivity index (χ0v) is 28.5. The lowest BCUT2D eigenvalue weighted by molar-refractivity contribution is -0.336. The van der Waals surface area contributed by atoms with Crippen LogP contribution < -0.4 is 10.6 Å². The minimum Gasteiger partial charge on any atom is -0.479 e. The van der Waals surface area contributed by atoms with Gasteiger partial charge in [0, 0.05) is 0 Å². The maximum absolute atomic E-state index is 13.0. The summed E-state index contributed by atoms with van der Waals surface area (Å²) in [6.45, 7) is 1.34. The molecule has 19 heteroatoms. The SMILES string of the molecule is CC1O[C@@H](O[C@@H]2C(C)CCC[C@H]2O[C@@H]2O[C@@H](CO)[C@H](O)C(O[C@@H](CC3CCCCC3)C(=O)O)C2NC(=O)CNC(=O)C(F)(F)F)C(O)[C@@H](O)[C@@H]1O. The van der Waals surface area contributed by atoms with E-state index in [4.69, 9.17) is 23.7 Å². The Hall–Kier alpha value is -2.20. The van der Waals surface area contributed by atoms with Crippen LogP contribution in [0.15, 0.2) is 0 Å². The molecule has 0 spiro atoms. The van der Waals surface area contributed by atoms with Crippen molar-refractivity contribution in [2.45, 2.75) is 157 Å². The summed E-state index contributed by atoms with van der Waals surface area (Å²) in [5.41, 5.74) is 0. The van der Waals surface area contributed by atoms with Crippen LogP contribution in [-0.2, 0) is 38.1 Å². The third-order valence-electron chi connectivity index (χ3n) is 10.2. The number of amides is 2. The van der Waals surface area contributed by atoms with Gasteiger partial charge in [-0.15, -0.1) is 0 Å². The summed E-state index contributed by atoms with van der Waals surface area (Å²) >= 11 is 0. The molecule has 2 amide bonds. The number of aliphatic carboxylic acids is 1. The Morgan fingerprint density at radius 1 is 0.843 bits per heavy atom. The Morgan fingerprint density at radius 2 is 1.53 bits per heavy atom. The van der Waals surface area contributed by atoms with Gasteiger partial charge in [0.15, 0.2) is 18.7 Å². The number of carboxylic acids is 1. The highest BCUT2D eigenvalue weighted by Crippen LogP contribution is 2.36. The van der Waals surface area contributed by atoms with Gasteiger partial charge in [0.25, 0.3) is 0 Å².